The number of para-hydroxylation sites is 1. The average Bonchev–Trinajstić information content (AvgIpc) is 2.67. The number of hydrogen-bond donors (Lipinski definition) is 2. The first-order valence-corrected chi connectivity index (χ1v) is 8.86. The molecule has 0 radical (unpaired) electrons. The molecule has 0 saturated heterocycles. The Hall–Kier alpha value is -3.12. The van der Waals surface area contributed by atoms with E-state index in [1.807, 2.05) is 42.5 Å². The second-order valence-corrected chi connectivity index (χ2v) is 6.36. The molecule has 2 N–H and O–H groups in total. The van der Waals surface area contributed by atoms with Crippen molar-refractivity contribution in [3.05, 3.63) is 81.7 Å². The van der Waals surface area contributed by atoms with Crippen molar-refractivity contribution in [3.8, 4) is 5.69 Å². The fourth-order valence-corrected chi connectivity index (χ4v) is 2.80. The summed E-state index contributed by atoms with van der Waals surface area (Å²) < 4.78 is 1.27. The molecule has 0 atom stereocenters. The molecule has 0 unspecified atom stereocenters. The maximum atomic E-state index is 12.4. The topological polar surface area (TPSA) is 76.0 Å². The molecule has 0 spiro atoms. The van der Waals surface area contributed by atoms with Crippen LogP contribution in [-0.4, -0.2) is 22.2 Å². The molecule has 6 nitrogen and oxygen atoms in total. The van der Waals surface area contributed by atoms with Gasteiger partial charge in [0, 0.05) is 19.2 Å². The van der Waals surface area contributed by atoms with Gasteiger partial charge in [-0.25, -0.2) is 0 Å². The number of anilines is 2. The maximum absolute atomic E-state index is 12.4. The molecule has 1 aromatic heterocycles. The molecule has 1 amide bonds. The summed E-state index contributed by atoms with van der Waals surface area (Å²) in [6.45, 7) is 2.07. The highest BCUT2D eigenvalue weighted by Gasteiger charge is 2.10. The van der Waals surface area contributed by atoms with Crippen LogP contribution in [0.15, 0.2) is 65.6 Å². The highest BCUT2D eigenvalue weighted by molar-refractivity contribution is 6.32. The van der Waals surface area contributed by atoms with Crippen LogP contribution in [0.5, 0.6) is 0 Å². The molecule has 7 heteroatoms. The van der Waals surface area contributed by atoms with Crippen molar-refractivity contribution >= 4 is 28.9 Å². The molecule has 0 fully saturated rings. The number of carbonyl (C=O) groups is 1. The quantitative estimate of drug-likeness (QED) is 0.684. The van der Waals surface area contributed by atoms with E-state index in [1.54, 1.807) is 18.3 Å². The second-order valence-electron chi connectivity index (χ2n) is 5.98. The number of hydrogen-bond acceptors (Lipinski definition) is 4. The SMILES string of the molecule is CC(=O)Nc1ccc(CCNc2cnn(-c3ccccc3)c(=O)c2Cl)cc1. The van der Waals surface area contributed by atoms with E-state index in [9.17, 15) is 9.59 Å². The van der Waals surface area contributed by atoms with Crippen molar-refractivity contribution in [3.63, 3.8) is 0 Å². The summed E-state index contributed by atoms with van der Waals surface area (Å²) in [5.41, 5.74) is 2.65. The van der Waals surface area contributed by atoms with Gasteiger partial charge in [-0.05, 0) is 36.2 Å². The fourth-order valence-electron chi connectivity index (χ4n) is 2.61. The number of aromatic nitrogens is 2. The van der Waals surface area contributed by atoms with Gasteiger partial charge in [0.25, 0.3) is 5.56 Å². The summed E-state index contributed by atoms with van der Waals surface area (Å²) in [6.07, 6.45) is 2.29. The summed E-state index contributed by atoms with van der Waals surface area (Å²) in [7, 11) is 0. The first-order chi connectivity index (χ1) is 13.0. The van der Waals surface area contributed by atoms with E-state index in [1.165, 1.54) is 11.6 Å². The van der Waals surface area contributed by atoms with Gasteiger partial charge in [-0.1, -0.05) is 41.9 Å². The molecule has 0 saturated carbocycles. The Kier molecular flexibility index (Phi) is 5.88. The van der Waals surface area contributed by atoms with Gasteiger partial charge < -0.3 is 10.6 Å². The largest absolute Gasteiger partial charge is 0.382 e. The van der Waals surface area contributed by atoms with Gasteiger partial charge in [-0.2, -0.15) is 9.78 Å². The number of rotatable bonds is 6. The Morgan fingerprint density at radius 1 is 1.11 bits per heavy atom. The van der Waals surface area contributed by atoms with Gasteiger partial charge in [0.15, 0.2) is 0 Å². The van der Waals surface area contributed by atoms with E-state index >= 15 is 0 Å². The zero-order valence-corrected chi connectivity index (χ0v) is 15.5. The van der Waals surface area contributed by atoms with Gasteiger partial charge >= 0.3 is 0 Å². The van der Waals surface area contributed by atoms with Crippen LogP contribution in [0.1, 0.15) is 12.5 Å². The number of halogens is 1. The summed E-state index contributed by atoms with van der Waals surface area (Å²) >= 11 is 6.22. The molecule has 3 rings (SSSR count). The first-order valence-electron chi connectivity index (χ1n) is 8.48. The number of amides is 1. The molecule has 1 heterocycles. The summed E-state index contributed by atoms with van der Waals surface area (Å²) in [6, 6.07) is 16.7. The molecular weight excluding hydrogens is 364 g/mol. The van der Waals surface area contributed by atoms with E-state index in [4.69, 9.17) is 11.6 Å². The van der Waals surface area contributed by atoms with E-state index in [2.05, 4.69) is 15.7 Å². The maximum Gasteiger partial charge on any atom is 0.292 e. The minimum atomic E-state index is -0.368. The van der Waals surface area contributed by atoms with Crippen LogP contribution in [-0.2, 0) is 11.2 Å². The lowest BCUT2D eigenvalue weighted by Crippen LogP contribution is -2.23. The zero-order chi connectivity index (χ0) is 19.2. The van der Waals surface area contributed by atoms with Gasteiger partial charge in [0.05, 0.1) is 17.6 Å². The lowest BCUT2D eigenvalue weighted by atomic mass is 10.1. The minimum Gasteiger partial charge on any atom is -0.382 e. The Balaban J connectivity index is 1.64. The van der Waals surface area contributed by atoms with E-state index < -0.39 is 0 Å². The van der Waals surface area contributed by atoms with Crippen LogP contribution < -0.4 is 16.2 Å². The smallest absolute Gasteiger partial charge is 0.292 e. The van der Waals surface area contributed by atoms with Crippen molar-refractivity contribution in [2.45, 2.75) is 13.3 Å². The number of nitrogens with zero attached hydrogens (tertiary/aromatic N) is 2. The van der Waals surface area contributed by atoms with Crippen molar-refractivity contribution in [2.24, 2.45) is 0 Å². The molecule has 138 valence electrons. The standard InChI is InChI=1S/C20H19ClN4O2/c1-14(26)24-16-9-7-15(8-10-16)11-12-22-18-13-23-25(20(27)19(18)21)17-5-3-2-4-6-17/h2-10,13,22H,11-12H2,1H3,(H,24,26). The molecule has 0 bridgehead atoms. The van der Waals surface area contributed by atoms with Gasteiger partial charge in [-0.3, -0.25) is 9.59 Å². The molecule has 0 aliphatic carbocycles. The van der Waals surface area contributed by atoms with Crippen LogP contribution in [0.4, 0.5) is 11.4 Å². The zero-order valence-electron chi connectivity index (χ0n) is 14.8. The van der Waals surface area contributed by atoms with Gasteiger partial charge in [-0.15, -0.1) is 0 Å². The lowest BCUT2D eigenvalue weighted by molar-refractivity contribution is -0.114. The van der Waals surface area contributed by atoms with Crippen molar-refractivity contribution in [2.75, 3.05) is 17.2 Å². The molecule has 3 aromatic rings. The van der Waals surface area contributed by atoms with Crippen LogP contribution in [0.2, 0.25) is 5.02 Å². The predicted octanol–water partition coefficient (Wildman–Crippen LogP) is 3.50. The number of benzene rings is 2. The van der Waals surface area contributed by atoms with Gasteiger partial charge in [0.2, 0.25) is 5.91 Å². The second kappa shape index (κ2) is 8.51. The third-order valence-corrected chi connectivity index (χ3v) is 4.29. The van der Waals surface area contributed by atoms with E-state index in [0.717, 1.165) is 17.7 Å². The summed E-state index contributed by atoms with van der Waals surface area (Å²) in [4.78, 5) is 23.5. The third kappa shape index (κ3) is 4.74. The van der Waals surface area contributed by atoms with Crippen molar-refractivity contribution in [1.82, 2.24) is 9.78 Å². The molecule has 0 aliphatic rings. The monoisotopic (exact) mass is 382 g/mol. The minimum absolute atomic E-state index is 0.100. The Morgan fingerprint density at radius 3 is 2.48 bits per heavy atom. The van der Waals surface area contributed by atoms with E-state index in [0.29, 0.717) is 17.9 Å². The van der Waals surface area contributed by atoms with Crippen LogP contribution in [0.3, 0.4) is 0 Å². The Morgan fingerprint density at radius 2 is 1.81 bits per heavy atom. The highest BCUT2D eigenvalue weighted by atomic mass is 35.5. The van der Waals surface area contributed by atoms with E-state index in [-0.39, 0.29) is 16.5 Å². The molecule has 27 heavy (non-hydrogen) atoms. The van der Waals surface area contributed by atoms with Crippen LogP contribution in [0, 0.1) is 0 Å². The molecule has 2 aromatic carbocycles. The number of carbonyl (C=O) groups excluding carboxylic acids is 1. The van der Waals surface area contributed by atoms with Crippen molar-refractivity contribution in [1.29, 1.82) is 0 Å². The third-order valence-electron chi connectivity index (χ3n) is 3.92. The summed E-state index contributed by atoms with van der Waals surface area (Å²) in [5, 5.41) is 10.2. The molecule has 0 aliphatic heterocycles. The van der Waals surface area contributed by atoms with Crippen molar-refractivity contribution < 1.29 is 4.79 Å². The van der Waals surface area contributed by atoms with Crippen LogP contribution >= 0.6 is 11.6 Å². The first kappa shape index (κ1) is 18.7. The Labute approximate surface area is 161 Å². The highest BCUT2D eigenvalue weighted by Crippen LogP contribution is 2.17. The average molecular weight is 383 g/mol. The van der Waals surface area contributed by atoms with Crippen LogP contribution in [0.25, 0.3) is 5.69 Å². The lowest BCUT2D eigenvalue weighted by Gasteiger charge is -2.10. The van der Waals surface area contributed by atoms with Gasteiger partial charge in [0.1, 0.15) is 5.02 Å². The normalized spacial score (nSPS) is 10.4. The fraction of sp³-hybridized carbons (Fsp3) is 0.150. The Bertz CT molecular complexity index is 985. The number of nitrogens with one attached hydrogen (secondary N) is 2. The summed E-state index contributed by atoms with van der Waals surface area (Å²) in [5.74, 6) is -0.100. The molecular formula is C20H19ClN4O2. The predicted molar refractivity (Wildman–Crippen MR) is 108 cm³/mol.